The van der Waals surface area contributed by atoms with Gasteiger partial charge < -0.3 is 10.4 Å². The van der Waals surface area contributed by atoms with Gasteiger partial charge in [-0.25, -0.2) is 9.78 Å². The molecule has 1 aromatic carbocycles. The van der Waals surface area contributed by atoms with E-state index in [1.807, 2.05) is 18.2 Å². The minimum absolute atomic E-state index is 0.0492. The molecule has 2 N–H and O–H groups in total. The van der Waals surface area contributed by atoms with Crippen molar-refractivity contribution in [1.82, 2.24) is 10.3 Å². The molecule has 0 saturated heterocycles. The van der Waals surface area contributed by atoms with E-state index < -0.39 is 12.0 Å². The molecule has 0 bridgehead atoms. The molecule has 0 aliphatic carbocycles. The van der Waals surface area contributed by atoms with E-state index in [0.29, 0.717) is 10.7 Å². The predicted molar refractivity (Wildman–Crippen MR) is 90.7 cm³/mol. The molecule has 23 heavy (non-hydrogen) atoms. The lowest BCUT2D eigenvalue weighted by Crippen LogP contribution is -2.44. The van der Waals surface area contributed by atoms with Crippen molar-refractivity contribution >= 4 is 34.8 Å². The van der Waals surface area contributed by atoms with Crippen LogP contribution in [0.2, 0.25) is 5.02 Å². The summed E-state index contributed by atoms with van der Waals surface area (Å²) in [7, 11) is 0. The van der Waals surface area contributed by atoms with Crippen molar-refractivity contribution in [2.45, 2.75) is 26.3 Å². The maximum Gasteiger partial charge on any atom is 0.326 e. The maximum absolute atomic E-state index is 12.0. The molecule has 1 amide bonds. The summed E-state index contributed by atoms with van der Waals surface area (Å²) in [6.07, 6.45) is 0.0492. The second-order valence-corrected chi connectivity index (χ2v) is 6.75. The van der Waals surface area contributed by atoms with Crippen LogP contribution in [0.15, 0.2) is 29.6 Å². The van der Waals surface area contributed by atoms with Gasteiger partial charge in [0, 0.05) is 16.0 Å². The topological polar surface area (TPSA) is 79.3 Å². The van der Waals surface area contributed by atoms with Gasteiger partial charge in [-0.05, 0) is 18.1 Å². The maximum atomic E-state index is 12.0. The number of carboxylic acid groups (broad SMARTS) is 1. The van der Waals surface area contributed by atoms with E-state index in [9.17, 15) is 9.59 Å². The standard InChI is InChI=1S/C16H17ClN2O3S/c1-9(2)14(16(21)22)19-13(20)7-12-8-23-15(18-12)10-4-3-5-11(17)6-10/h3-6,8-9,14H,7H2,1-2H3,(H,19,20)(H,21,22). The number of carboxylic acids is 1. The first kappa shape index (κ1) is 17.4. The van der Waals surface area contributed by atoms with Gasteiger partial charge in [0.25, 0.3) is 0 Å². The molecule has 122 valence electrons. The summed E-state index contributed by atoms with van der Waals surface area (Å²) >= 11 is 7.38. The Hall–Kier alpha value is -1.92. The third-order valence-electron chi connectivity index (χ3n) is 3.21. The van der Waals surface area contributed by atoms with Gasteiger partial charge in [-0.1, -0.05) is 37.6 Å². The third kappa shape index (κ3) is 4.77. The highest BCUT2D eigenvalue weighted by Crippen LogP contribution is 2.26. The molecule has 1 heterocycles. The number of hydrogen-bond donors (Lipinski definition) is 2. The Kier molecular flexibility index (Phi) is 5.74. The zero-order valence-corrected chi connectivity index (χ0v) is 14.3. The van der Waals surface area contributed by atoms with Crippen LogP contribution >= 0.6 is 22.9 Å². The largest absolute Gasteiger partial charge is 0.480 e. The zero-order valence-electron chi connectivity index (χ0n) is 12.7. The van der Waals surface area contributed by atoms with Gasteiger partial charge in [0.05, 0.1) is 12.1 Å². The Morgan fingerprint density at radius 1 is 1.39 bits per heavy atom. The monoisotopic (exact) mass is 352 g/mol. The quantitative estimate of drug-likeness (QED) is 0.836. The number of aromatic nitrogens is 1. The number of aliphatic carboxylic acids is 1. The average molecular weight is 353 g/mol. The molecule has 1 unspecified atom stereocenters. The van der Waals surface area contributed by atoms with Gasteiger partial charge in [0.15, 0.2) is 0 Å². The number of benzene rings is 1. The van der Waals surface area contributed by atoms with Gasteiger partial charge in [-0.3, -0.25) is 4.79 Å². The summed E-state index contributed by atoms with van der Waals surface area (Å²) in [4.78, 5) is 27.5. The molecule has 0 spiro atoms. The van der Waals surface area contributed by atoms with Crippen LogP contribution in [0.25, 0.3) is 10.6 Å². The number of rotatable bonds is 6. The number of halogens is 1. The molecule has 2 rings (SSSR count). The highest BCUT2D eigenvalue weighted by molar-refractivity contribution is 7.13. The second-order valence-electron chi connectivity index (χ2n) is 5.46. The number of nitrogens with one attached hydrogen (secondary N) is 1. The van der Waals surface area contributed by atoms with E-state index in [1.165, 1.54) is 11.3 Å². The molecule has 0 aliphatic rings. The first-order valence-corrected chi connectivity index (χ1v) is 8.35. The Morgan fingerprint density at radius 2 is 2.13 bits per heavy atom. The molecule has 0 saturated carbocycles. The minimum Gasteiger partial charge on any atom is -0.480 e. The molecule has 1 atom stereocenters. The van der Waals surface area contributed by atoms with E-state index in [0.717, 1.165) is 10.6 Å². The van der Waals surface area contributed by atoms with E-state index in [4.69, 9.17) is 16.7 Å². The van der Waals surface area contributed by atoms with Crippen molar-refractivity contribution in [2.24, 2.45) is 5.92 Å². The van der Waals surface area contributed by atoms with E-state index >= 15 is 0 Å². The van der Waals surface area contributed by atoms with Crippen molar-refractivity contribution in [2.75, 3.05) is 0 Å². The lowest BCUT2D eigenvalue weighted by Gasteiger charge is -2.17. The van der Waals surface area contributed by atoms with E-state index in [-0.39, 0.29) is 18.2 Å². The van der Waals surface area contributed by atoms with Crippen molar-refractivity contribution in [1.29, 1.82) is 0 Å². The summed E-state index contributed by atoms with van der Waals surface area (Å²) in [6, 6.07) is 6.43. The number of amides is 1. The number of carbonyl (C=O) groups excluding carboxylic acids is 1. The van der Waals surface area contributed by atoms with Crippen molar-refractivity contribution in [3.8, 4) is 10.6 Å². The lowest BCUT2D eigenvalue weighted by atomic mass is 10.0. The molecule has 7 heteroatoms. The number of thiazole rings is 1. The summed E-state index contributed by atoms with van der Waals surface area (Å²) in [5.74, 6) is -1.57. The molecule has 5 nitrogen and oxygen atoms in total. The summed E-state index contributed by atoms with van der Waals surface area (Å²) < 4.78 is 0. The Morgan fingerprint density at radius 3 is 2.74 bits per heavy atom. The van der Waals surface area contributed by atoms with E-state index in [1.54, 1.807) is 25.3 Å². The second kappa shape index (κ2) is 7.57. The van der Waals surface area contributed by atoms with Crippen LogP contribution in [-0.4, -0.2) is 28.0 Å². The van der Waals surface area contributed by atoms with Crippen LogP contribution in [0.5, 0.6) is 0 Å². The summed E-state index contributed by atoms with van der Waals surface area (Å²) in [5.41, 5.74) is 1.50. The zero-order chi connectivity index (χ0) is 17.0. The first-order valence-electron chi connectivity index (χ1n) is 7.09. The molecule has 2 aromatic rings. The first-order chi connectivity index (χ1) is 10.9. The molecule has 0 radical (unpaired) electrons. The fourth-order valence-electron chi connectivity index (χ4n) is 2.04. The number of carbonyl (C=O) groups is 2. The van der Waals surface area contributed by atoms with Gasteiger partial charge in [-0.2, -0.15) is 0 Å². The average Bonchev–Trinajstić information content (AvgIpc) is 2.92. The van der Waals surface area contributed by atoms with Crippen LogP contribution in [0.1, 0.15) is 19.5 Å². The van der Waals surface area contributed by atoms with Crippen LogP contribution < -0.4 is 5.32 Å². The predicted octanol–water partition coefficient (Wildman–Crippen LogP) is 3.23. The Labute approximate surface area is 143 Å². The molecule has 0 aliphatic heterocycles. The SMILES string of the molecule is CC(C)C(NC(=O)Cc1csc(-c2cccc(Cl)c2)n1)C(=O)O. The van der Waals surface area contributed by atoms with Crippen LogP contribution in [0.4, 0.5) is 0 Å². The van der Waals surface area contributed by atoms with Crippen LogP contribution in [0.3, 0.4) is 0 Å². The molecule has 1 aromatic heterocycles. The van der Waals surface area contributed by atoms with Gasteiger partial charge in [0.1, 0.15) is 11.0 Å². The molecule has 0 fully saturated rings. The third-order valence-corrected chi connectivity index (χ3v) is 4.39. The highest BCUT2D eigenvalue weighted by Gasteiger charge is 2.23. The van der Waals surface area contributed by atoms with E-state index in [2.05, 4.69) is 10.3 Å². The fraction of sp³-hybridized carbons (Fsp3) is 0.312. The van der Waals surface area contributed by atoms with Crippen molar-refractivity contribution in [3.05, 3.63) is 40.4 Å². The van der Waals surface area contributed by atoms with Crippen LogP contribution in [0, 0.1) is 5.92 Å². The van der Waals surface area contributed by atoms with Crippen molar-refractivity contribution in [3.63, 3.8) is 0 Å². The smallest absolute Gasteiger partial charge is 0.326 e. The Bertz CT molecular complexity index is 715. The minimum atomic E-state index is -1.04. The fourth-order valence-corrected chi connectivity index (χ4v) is 3.05. The van der Waals surface area contributed by atoms with Crippen molar-refractivity contribution < 1.29 is 14.7 Å². The lowest BCUT2D eigenvalue weighted by molar-refractivity contribution is -0.143. The van der Waals surface area contributed by atoms with Crippen LogP contribution in [-0.2, 0) is 16.0 Å². The van der Waals surface area contributed by atoms with Gasteiger partial charge in [0.2, 0.25) is 5.91 Å². The Balaban J connectivity index is 2.04. The van der Waals surface area contributed by atoms with Gasteiger partial charge in [-0.15, -0.1) is 11.3 Å². The molecular formula is C16H17ClN2O3S. The summed E-state index contributed by atoms with van der Waals surface area (Å²) in [5, 5.41) is 14.8. The highest BCUT2D eigenvalue weighted by atomic mass is 35.5. The number of nitrogens with zero attached hydrogens (tertiary/aromatic N) is 1. The normalized spacial score (nSPS) is 12.2. The van der Waals surface area contributed by atoms with Gasteiger partial charge >= 0.3 is 5.97 Å². The summed E-state index contributed by atoms with van der Waals surface area (Å²) in [6.45, 7) is 3.50. The number of hydrogen-bond acceptors (Lipinski definition) is 4. The molecular weight excluding hydrogens is 336 g/mol.